The van der Waals surface area contributed by atoms with Gasteiger partial charge in [0.1, 0.15) is 16.8 Å². The highest BCUT2D eigenvalue weighted by atomic mass is 32.2. The predicted octanol–water partition coefficient (Wildman–Crippen LogP) is 8.86. The summed E-state index contributed by atoms with van der Waals surface area (Å²) in [6.07, 6.45) is 21.3. The van der Waals surface area contributed by atoms with Gasteiger partial charge in [-0.05, 0) is 47.9 Å². The molecule has 15 nitrogen and oxygen atoms in total. The molecule has 16 heteroatoms. The van der Waals surface area contributed by atoms with E-state index in [9.17, 15) is 27.9 Å². The molecule has 1 atom stereocenters. The van der Waals surface area contributed by atoms with Gasteiger partial charge in [0.05, 0.1) is 43.6 Å². The Hall–Kier alpha value is -7.12. The molecule has 0 spiro atoms. The fourth-order valence-electron chi connectivity index (χ4n) is 7.94. The number of aromatic nitrogens is 2. The molecule has 0 saturated heterocycles. The zero-order chi connectivity index (χ0) is 47.8. The topological polar surface area (TPSA) is 188 Å². The molecule has 2 N–H and O–H groups in total. The van der Waals surface area contributed by atoms with Crippen molar-refractivity contribution in [1.82, 2.24) is 13.4 Å². The van der Waals surface area contributed by atoms with Crippen LogP contribution in [0.4, 0.5) is 5.69 Å². The predicted molar refractivity (Wildman–Crippen MR) is 255 cm³/mol. The Morgan fingerprint density at radius 3 is 1.99 bits per heavy atom. The second-order valence-electron chi connectivity index (χ2n) is 16.2. The van der Waals surface area contributed by atoms with Crippen LogP contribution in [-0.4, -0.2) is 64.3 Å². The maximum atomic E-state index is 15.2. The number of nitrogens with zero attached hydrogens (tertiary/aromatic N) is 4. The van der Waals surface area contributed by atoms with Crippen LogP contribution in [-0.2, 0) is 32.6 Å². The van der Waals surface area contributed by atoms with E-state index in [-0.39, 0.29) is 35.7 Å². The number of ether oxygens (including phenoxy) is 3. The van der Waals surface area contributed by atoms with Crippen LogP contribution in [0.2, 0.25) is 0 Å². The largest absolute Gasteiger partial charge is 0.495 e. The summed E-state index contributed by atoms with van der Waals surface area (Å²) in [5.41, 5.74) is -0.409. The van der Waals surface area contributed by atoms with E-state index in [1.54, 1.807) is 60.7 Å². The number of hydrogen-bond acceptors (Lipinski definition) is 10. The Morgan fingerprint density at radius 2 is 1.37 bits per heavy atom. The van der Waals surface area contributed by atoms with Crippen LogP contribution in [0.5, 0.6) is 17.5 Å². The third-order valence-electron chi connectivity index (χ3n) is 11.4. The summed E-state index contributed by atoms with van der Waals surface area (Å²) in [5.74, 6) is -5.10. The van der Waals surface area contributed by atoms with Crippen LogP contribution in [0.3, 0.4) is 0 Å². The Bertz CT molecular complexity index is 2740. The number of benzene rings is 4. The van der Waals surface area contributed by atoms with E-state index in [0.29, 0.717) is 22.1 Å². The second kappa shape index (κ2) is 23.9. The molecule has 1 aliphatic rings. The standard InChI is InChI=1S/C51H57N5O10S/c1-4-6-7-8-9-10-11-12-13-14-15-24-33-66-50(60)39-31-32-42(64-3)41(34-39)52-47(58)44(56-48(59)49(65-5-2)54(51(56)61)35-37-25-18-16-19-26-37)45-53-46(57)40-29-22-23-30-43(40)67(62,63)55(45)36-38-27-20-17-21-28-38/h2,16-23,25-32,34,44,59H,4,6-15,24,33,35-36H2,1,3H3,(H,52,58). The number of fused-ring (bicyclic) bond motifs is 1. The van der Waals surface area contributed by atoms with Gasteiger partial charge in [-0.2, -0.15) is 4.99 Å². The summed E-state index contributed by atoms with van der Waals surface area (Å²) >= 11 is 0. The Kier molecular flexibility index (Phi) is 17.6. The lowest BCUT2D eigenvalue weighted by Crippen LogP contribution is -2.47. The number of aliphatic imine (C=N–C) groups is 1. The number of methoxy groups -OCH3 is 1. The molecule has 0 bridgehead atoms. The molecule has 1 aliphatic heterocycles. The van der Waals surface area contributed by atoms with Crippen LogP contribution >= 0.6 is 0 Å². The van der Waals surface area contributed by atoms with Crippen LogP contribution in [0.15, 0.2) is 118 Å². The van der Waals surface area contributed by atoms with E-state index in [1.165, 1.54) is 101 Å². The fourth-order valence-corrected chi connectivity index (χ4v) is 9.57. The number of esters is 1. The number of hydrogen-bond donors (Lipinski definition) is 2. The van der Waals surface area contributed by atoms with Gasteiger partial charge in [-0.1, -0.05) is 157 Å². The Balaban J connectivity index is 1.34. The van der Waals surface area contributed by atoms with E-state index in [1.807, 2.05) is 6.11 Å². The number of nitrogens with one attached hydrogen (secondary N) is 1. The molecule has 0 aliphatic carbocycles. The monoisotopic (exact) mass is 931 g/mol. The maximum Gasteiger partial charge on any atom is 0.338 e. The van der Waals surface area contributed by atoms with Gasteiger partial charge in [0, 0.05) is 0 Å². The molecule has 352 valence electrons. The number of imidazole rings is 1. The van der Waals surface area contributed by atoms with Crippen molar-refractivity contribution in [3.63, 3.8) is 0 Å². The van der Waals surface area contributed by atoms with Crippen LogP contribution in [0, 0.1) is 12.5 Å². The molecule has 2 heterocycles. The van der Waals surface area contributed by atoms with Crippen molar-refractivity contribution >= 4 is 39.3 Å². The second-order valence-corrected chi connectivity index (χ2v) is 18.0. The first kappa shape index (κ1) is 49.3. The number of aromatic hydroxyl groups is 1. The van der Waals surface area contributed by atoms with E-state index < -0.39 is 68.6 Å². The molecule has 5 aromatic rings. The lowest BCUT2D eigenvalue weighted by atomic mass is 10.1. The van der Waals surface area contributed by atoms with Crippen molar-refractivity contribution in [3.05, 3.63) is 136 Å². The molecular weight excluding hydrogens is 875 g/mol. The average Bonchev–Trinajstić information content (AvgIpc) is 3.51. The summed E-state index contributed by atoms with van der Waals surface area (Å²) in [6.45, 7) is 1.71. The summed E-state index contributed by atoms with van der Waals surface area (Å²) in [7, 11) is -3.42. The van der Waals surface area contributed by atoms with Crippen LogP contribution < -0.4 is 20.5 Å². The molecule has 0 saturated carbocycles. The number of sulfonamides is 1. The van der Waals surface area contributed by atoms with Crippen LogP contribution in [0.25, 0.3) is 0 Å². The van der Waals surface area contributed by atoms with Gasteiger partial charge in [0.25, 0.3) is 33.6 Å². The number of anilines is 1. The number of rotatable bonds is 24. The first-order valence-corrected chi connectivity index (χ1v) is 24.1. The maximum absolute atomic E-state index is 15.2. The minimum absolute atomic E-state index is 0.0519. The lowest BCUT2D eigenvalue weighted by Gasteiger charge is -2.29. The van der Waals surface area contributed by atoms with Gasteiger partial charge in [-0.25, -0.2) is 26.9 Å². The fraction of sp³-hybridized carbons (Fsp3) is 0.353. The van der Waals surface area contributed by atoms with E-state index in [2.05, 4.69) is 17.2 Å². The highest BCUT2D eigenvalue weighted by molar-refractivity contribution is 7.89. The van der Waals surface area contributed by atoms with E-state index in [4.69, 9.17) is 20.6 Å². The number of terminal acetylenes is 1. The molecule has 4 aromatic carbocycles. The first-order chi connectivity index (χ1) is 32.5. The number of carbonyl (C=O) groups is 3. The molecule has 67 heavy (non-hydrogen) atoms. The lowest BCUT2D eigenvalue weighted by molar-refractivity contribution is -0.117. The van der Waals surface area contributed by atoms with E-state index in [0.717, 1.165) is 28.1 Å². The minimum atomic E-state index is -4.75. The number of unbranched alkanes of at least 4 members (excludes halogenated alkanes) is 11. The number of carbonyl (C=O) groups excluding carboxylic acids is 3. The zero-order valence-corrected chi connectivity index (χ0v) is 38.7. The molecule has 1 aromatic heterocycles. The van der Waals surface area contributed by atoms with Gasteiger partial charge < -0.3 is 24.6 Å². The molecule has 1 unspecified atom stereocenters. The van der Waals surface area contributed by atoms with Crippen molar-refractivity contribution in [2.45, 2.75) is 108 Å². The Labute approximate surface area is 391 Å². The summed E-state index contributed by atoms with van der Waals surface area (Å²) in [6, 6.07) is 24.3. The smallest absolute Gasteiger partial charge is 0.338 e. The SMILES string of the molecule is C#COc1c(O)n(C(C(=O)Nc2cc(C(=O)OCCCCCCCCCCCCCC)ccc2OC)C2=NC(=O)c3ccccc3S(=O)(=O)N2Cc2ccccc2)c(=O)n1Cc1ccccc1. The van der Waals surface area contributed by atoms with Crippen molar-refractivity contribution < 1.29 is 42.1 Å². The highest BCUT2D eigenvalue weighted by Crippen LogP contribution is 2.36. The van der Waals surface area contributed by atoms with Gasteiger partial charge in [0.15, 0.2) is 11.9 Å². The minimum Gasteiger partial charge on any atom is -0.495 e. The Morgan fingerprint density at radius 1 is 0.791 bits per heavy atom. The average molecular weight is 932 g/mol. The molecule has 6 rings (SSSR count). The van der Waals surface area contributed by atoms with Gasteiger partial charge in [0.2, 0.25) is 0 Å². The number of amides is 2. The molecular formula is C51H57N5O10S. The molecule has 0 fully saturated rings. The molecule has 2 amide bonds. The normalized spacial score (nSPS) is 13.4. The quantitative estimate of drug-likeness (QED) is 0.0344. The third kappa shape index (κ3) is 12.2. The van der Waals surface area contributed by atoms with Crippen LogP contribution in [0.1, 0.15) is 122 Å². The summed E-state index contributed by atoms with van der Waals surface area (Å²) < 4.78 is 48.4. The highest BCUT2D eigenvalue weighted by Gasteiger charge is 2.44. The van der Waals surface area contributed by atoms with Gasteiger partial charge in [-0.3, -0.25) is 14.2 Å². The van der Waals surface area contributed by atoms with E-state index >= 15 is 4.79 Å². The zero-order valence-electron chi connectivity index (χ0n) is 37.9. The van der Waals surface area contributed by atoms with Crippen molar-refractivity contribution in [1.29, 1.82) is 0 Å². The van der Waals surface area contributed by atoms with Crippen molar-refractivity contribution in [2.75, 3.05) is 19.0 Å². The summed E-state index contributed by atoms with van der Waals surface area (Å²) in [4.78, 5) is 61.2. The van der Waals surface area contributed by atoms with Crippen molar-refractivity contribution in [3.8, 4) is 30.0 Å². The molecule has 0 radical (unpaired) electrons. The summed E-state index contributed by atoms with van der Waals surface area (Å²) in [5, 5.41) is 14.6. The number of amidine groups is 1. The first-order valence-electron chi connectivity index (χ1n) is 22.6. The van der Waals surface area contributed by atoms with Crippen molar-refractivity contribution in [2.24, 2.45) is 4.99 Å². The third-order valence-corrected chi connectivity index (χ3v) is 13.3. The van der Waals surface area contributed by atoms with Gasteiger partial charge in [-0.15, -0.1) is 0 Å². The van der Waals surface area contributed by atoms with Gasteiger partial charge >= 0.3 is 11.7 Å².